The molecule has 0 saturated heterocycles. The summed E-state index contributed by atoms with van der Waals surface area (Å²) in [6.07, 6.45) is 0. The number of aromatic amines is 1. The fourth-order valence-corrected chi connectivity index (χ4v) is 4.13. The van der Waals surface area contributed by atoms with E-state index in [-0.39, 0.29) is 25.3 Å². The molecule has 2 heterocycles. The van der Waals surface area contributed by atoms with Crippen LogP contribution in [-0.2, 0) is 17.9 Å². The molecule has 1 unspecified atom stereocenters. The first-order valence-corrected chi connectivity index (χ1v) is 11.6. The van der Waals surface area contributed by atoms with Gasteiger partial charge in [0.25, 0.3) is 5.23 Å². The monoisotopic (exact) mass is 500 g/mol. The molecule has 176 valence electrons. The molecule has 2 aromatic carbocycles. The van der Waals surface area contributed by atoms with Crippen LogP contribution in [-0.4, -0.2) is 37.0 Å². The van der Waals surface area contributed by atoms with Crippen molar-refractivity contribution < 1.29 is 9.53 Å². The third kappa shape index (κ3) is 5.32. The molecule has 1 atom stereocenters. The van der Waals surface area contributed by atoms with Gasteiger partial charge in [-0.1, -0.05) is 35.5 Å². The lowest BCUT2D eigenvalue weighted by atomic mass is 10.2. The van der Waals surface area contributed by atoms with Gasteiger partial charge in [-0.3, -0.25) is 14.3 Å². The van der Waals surface area contributed by atoms with Crippen molar-refractivity contribution in [2.24, 2.45) is 15.7 Å². The fraction of sp³-hybridized carbons (Fsp3) is 0.227. The maximum Gasteiger partial charge on any atom is 0.335 e. The molecule has 0 bridgehead atoms. The van der Waals surface area contributed by atoms with Gasteiger partial charge in [-0.2, -0.15) is 0 Å². The van der Waals surface area contributed by atoms with Crippen LogP contribution in [0.15, 0.2) is 68.1 Å². The Kier molecular flexibility index (Phi) is 7.03. The van der Waals surface area contributed by atoms with Crippen LogP contribution in [0.1, 0.15) is 12.5 Å². The Balaban J connectivity index is 1.64. The average molecular weight is 501 g/mol. The van der Waals surface area contributed by atoms with E-state index in [1.165, 1.54) is 16.3 Å². The highest BCUT2D eigenvalue weighted by Gasteiger charge is 2.25. The van der Waals surface area contributed by atoms with E-state index in [1.807, 2.05) is 0 Å². The lowest BCUT2D eigenvalue weighted by Gasteiger charge is -2.10. The summed E-state index contributed by atoms with van der Waals surface area (Å²) >= 11 is 7.13. The molecule has 4 rings (SSSR count). The van der Waals surface area contributed by atoms with Crippen molar-refractivity contribution in [2.75, 3.05) is 6.54 Å². The molecule has 0 radical (unpaired) electrons. The quantitative estimate of drug-likeness (QED) is 0.530. The SMILES string of the molecule is CCn1c(=O)[nH]/c(=N\c2ccc(OC3=NCC(C(N)=O)S3)cc2)n(Cc2ccc(Cl)cc2)c1=O. The van der Waals surface area contributed by atoms with Gasteiger partial charge in [0.15, 0.2) is 0 Å². The summed E-state index contributed by atoms with van der Waals surface area (Å²) in [6, 6.07) is 13.8. The van der Waals surface area contributed by atoms with Crippen LogP contribution in [0, 0.1) is 0 Å². The molecule has 0 saturated carbocycles. The van der Waals surface area contributed by atoms with Crippen LogP contribution in [0.3, 0.4) is 0 Å². The van der Waals surface area contributed by atoms with Crippen LogP contribution in [0.2, 0.25) is 5.02 Å². The molecule has 34 heavy (non-hydrogen) atoms. The summed E-state index contributed by atoms with van der Waals surface area (Å²) in [7, 11) is 0. The number of nitrogens with two attached hydrogens (primary N) is 1. The van der Waals surface area contributed by atoms with Crippen molar-refractivity contribution in [1.29, 1.82) is 0 Å². The lowest BCUT2D eigenvalue weighted by Crippen LogP contribution is -2.49. The van der Waals surface area contributed by atoms with E-state index in [9.17, 15) is 14.4 Å². The number of nitrogens with one attached hydrogen (secondary N) is 1. The summed E-state index contributed by atoms with van der Waals surface area (Å²) in [5, 5.41) is 0.518. The first-order valence-electron chi connectivity index (χ1n) is 10.4. The highest BCUT2D eigenvalue weighted by atomic mass is 35.5. The number of nitrogens with zero attached hydrogens (tertiary/aromatic N) is 4. The van der Waals surface area contributed by atoms with Crippen molar-refractivity contribution in [3.63, 3.8) is 0 Å². The van der Waals surface area contributed by atoms with E-state index < -0.39 is 22.5 Å². The highest BCUT2D eigenvalue weighted by Crippen LogP contribution is 2.25. The summed E-state index contributed by atoms with van der Waals surface area (Å²) in [4.78, 5) is 48.0. The molecule has 1 aliphatic rings. The number of benzene rings is 2. The second kappa shape index (κ2) is 10.1. The van der Waals surface area contributed by atoms with Crippen LogP contribution in [0.4, 0.5) is 5.69 Å². The predicted molar refractivity (Wildman–Crippen MR) is 131 cm³/mol. The predicted octanol–water partition coefficient (Wildman–Crippen LogP) is 1.63. The van der Waals surface area contributed by atoms with E-state index >= 15 is 0 Å². The number of aromatic nitrogens is 3. The number of ether oxygens (including phenoxy) is 1. The zero-order valence-electron chi connectivity index (χ0n) is 18.1. The molecule has 1 aromatic heterocycles. The maximum atomic E-state index is 13.0. The highest BCUT2D eigenvalue weighted by molar-refractivity contribution is 8.15. The number of hydrogen-bond acceptors (Lipinski definition) is 7. The molecular formula is C22H21ClN6O4S. The number of rotatable bonds is 6. The maximum absolute atomic E-state index is 13.0. The number of carbonyl (C=O) groups excluding carboxylic acids is 1. The average Bonchev–Trinajstić information content (AvgIpc) is 3.28. The van der Waals surface area contributed by atoms with Crippen molar-refractivity contribution in [2.45, 2.75) is 25.3 Å². The summed E-state index contributed by atoms with van der Waals surface area (Å²) < 4.78 is 8.18. The summed E-state index contributed by atoms with van der Waals surface area (Å²) in [5.74, 6) is 0.0617. The molecule has 3 aromatic rings. The third-order valence-electron chi connectivity index (χ3n) is 4.98. The summed E-state index contributed by atoms with van der Waals surface area (Å²) in [5.41, 5.74) is 5.72. The Bertz CT molecular complexity index is 1420. The molecule has 0 fully saturated rings. The van der Waals surface area contributed by atoms with Gasteiger partial charge in [0.1, 0.15) is 11.0 Å². The molecule has 0 spiro atoms. The topological polar surface area (TPSA) is 137 Å². The summed E-state index contributed by atoms with van der Waals surface area (Å²) in [6.45, 7) is 2.43. The van der Waals surface area contributed by atoms with Gasteiger partial charge < -0.3 is 10.5 Å². The molecular weight excluding hydrogens is 480 g/mol. The minimum Gasteiger partial charge on any atom is -0.434 e. The first kappa shape index (κ1) is 23.6. The number of aliphatic imine (C=N–C) groups is 1. The molecule has 3 N–H and O–H groups in total. The van der Waals surface area contributed by atoms with Gasteiger partial charge in [0.2, 0.25) is 11.5 Å². The number of H-pyrrole nitrogens is 1. The normalized spacial score (nSPS) is 15.9. The molecule has 0 aliphatic carbocycles. The van der Waals surface area contributed by atoms with E-state index in [0.717, 1.165) is 10.1 Å². The Labute approximate surface area is 202 Å². The Morgan fingerprint density at radius 2 is 1.91 bits per heavy atom. The Hall–Kier alpha value is -3.57. The van der Waals surface area contributed by atoms with Crippen molar-refractivity contribution in [1.82, 2.24) is 14.1 Å². The zero-order chi connectivity index (χ0) is 24.2. The number of thioether (sulfide) groups is 1. The molecule has 1 aliphatic heterocycles. The number of amides is 1. The number of halogens is 1. The largest absolute Gasteiger partial charge is 0.434 e. The van der Waals surface area contributed by atoms with E-state index in [0.29, 0.717) is 21.7 Å². The minimum absolute atomic E-state index is 0.114. The number of primary amides is 1. The lowest BCUT2D eigenvalue weighted by molar-refractivity contribution is -0.117. The Morgan fingerprint density at radius 3 is 2.53 bits per heavy atom. The zero-order valence-corrected chi connectivity index (χ0v) is 19.7. The van der Waals surface area contributed by atoms with Gasteiger partial charge in [0.05, 0.1) is 18.8 Å². The first-order chi connectivity index (χ1) is 16.3. The minimum atomic E-state index is -0.543. The molecule has 1 amide bonds. The van der Waals surface area contributed by atoms with Crippen LogP contribution in [0.5, 0.6) is 5.75 Å². The fourth-order valence-electron chi connectivity index (χ4n) is 3.21. The van der Waals surface area contributed by atoms with E-state index in [1.54, 1.807) is 55.5 Å². The molecule has 12 heteroatoms. The Morgan fingerprint density at radius 1 is 1.21 bits per heavy atom. The van der Waals surface area contributed by atoms with Gasteiger partial charge in [-0.15, -0.1) is 0 Å². The van der Waals surface area contributed by atoms with Gasteiger partial charge in [-0.05, 0) is 48.9 Å². The second-order valence-electron chi connectivity index (χ2n) is 7.32. The van der Waals surface area contributed by atoms with Crippen molar-refractivity contribution >= 4 is 40.2 Å². The third-order valence-corrected chi connectivity index (χ3v) is 6.31. The van der Waals surface area contributed by atoms with Crippen molar-refractivity contribution in [3.8, 4) is 5.75 Å². The van der Waals surface area contributed by atoms with Gasteiger partial charge >= 0.3 is 11.4 Å². The number of carbonyl (C=O) groups is 1. The van der Waals surface area contributed by atoms with Gasteiger partial charge in [-0.25, -0.2) is 24.1 Å². The smallest absolute Gasteiger partial charge is 0.335 e. The van der Waals surface area contributed by atoms with E-state index in [2.05, 4.69) is 15.0 Å². The second-order valence-corrected chi connectivity index (χ2v) is 8.91. The van der Waals surface area contributed by atoms with Gasteiger partial charge in [0, 0.05) is 11.6 Å². The molecule has 10 nitrogen and oxygen atoms in total. The van der Waals surface area contributed by atoms with Crippen LogP contribution in [0.25, 0.3) is 0 Å². The van der Waals surface area contributed by atoms with Crippen LogP contribution < -0.4 is 27.5 Å². The standard InChI is InChI=1S/C22H21ClN6O4S/c1-2-28-20(31)27-19(29(22(28)32)12-13-3-5-14(23)6-4-13)26-15-7-9-16(10-8-15)33-21-25-11-17(34-21)18(24)30/h3-10,17H,2,11-12H2,1H3,(H2,24,30)(H,26,27,31). The van der Waals surface area contributed by atoms with Crippen LogP contribution >= 0.6 is 23.4 Å². The van der Waals surface area contributed by atoms with E-state index in [4.69, 9.17) is 22.1 Å². The number of hydrogen-bond donors (Lipinski definition) is 2. The van der Waals surface area contributed by atoms with Crippen molar-refractivity contribution in [3.05, 3.63) is 85.7 Å².